The largest absolute Gasteiger partial charge is 0.464 e. The lowest BCUT2D eigenvalue weighted by atomic mass is 10.1. The topological polar surface area (TPSA) is 84.1 Å². The van der Waals surface area contributed by atoms with E-state index in [1.54, 1.807) is 6.92 Å². The maximum absolute atomic E-state index is 13.1. The number of carbonyl (C=O) groups is 2. The third-order valence-electron chi connectivity index (χ3n) is 2.70. The average Bonchev–Trinajstić information content (AvgIpc) is 2.89. The average molecular weight is 277 g/mol. The molecule has 1 amide bonds. The van der Waals surface area contributed by atoms with Gasteiger partial charge in [-0.2, -0.15) is 5.10 Å². The lowest BCUT2D eigenvalue weighted by molar-refractivity contribution is 0.0595. The molecule has 0 radical (unpaired) electrons. The quantitative estimate of drug-likeness (QED) is 0.839. The van der Waals surface area contributed by atoms with Crippen LogP contribution in [0.25, 0.3) is 0 Å². The molecule has 1 aromatic heterocycles. The summed E-state index contributed by atoms with van der Waals surface area (Å²) in [5.41, 5.74) is 0.877. The van der Waals surface area contributed by atoms with Gasteiger partial charge in [-0.15, -0.1) is 0 Å². The number of hydrogen-bond acceptors (Lipinski definition) is 4. The Morgan fingerprint density at radius 3 is 2.80 bits per heavy atom. The van der Waals surface area contributed by atoms with Crippen LogP contribution in [-0.2, 0) is 4.74 Å². The van der Waals surface area contributed by atoms with Crippen molar-refractivity contribution in [3.8, 4) is 0 Å². The van der Waals surface area contributed by atoms with Crippen LogP contribution in [0.3, 0.4) is 0 Å². The van der Waals surface area contributed by atoms with Crippen molar-refractivity contribution in [1.29, 1.82) is 0 Å². The highest BCUT2D eigenvalue weighted by Gasteiger charge is 2.17. The van der Waals surface area contributed by atoms with Gasteiger partial charge in [0.25, 0.3) is 5.91 Å². The Kier molecular flexibility index (Phi) is 3.79. The van der Waals surface area contributed by atoms with Gasteiger partial charge < -0.3 is 10.1 Å². The second kappa shape index (κ2) is 5.52. The molecule has 2 N–H and O–H groups in total. The third-order valence-corrected chi connectivity index (χ3v) is 2.70. The zero-order valence-corrected chi connectivity index (χ0v) is 10.9. The lowest BCUT2D eigenvalue weighted by Crippen LogP contribution is -2.15. The van der Waals surface area contributed by atoms with Crippen LogP contribution in [0.4, 0.5) is 10.1 Å². The third kappa shape index (κ3) is 2.66. The minimum absolute atomic E-state index is 0.0414. The van der Waals surface area contributed by atoms with Crippen LogP contribution in [-0.4, -0.2) is 29.2 Å². The van der Waals surface area contributed by atoms with E-state index >= 15 is 0 Å². The molecular formula is C13H12FN3O3. The number of aromatic amines is 1. The molecule has 0 saturated carbocycles. The van der Waals surface area contributed by atoms with Crippen LogP contribution in [0.15, 0.2) is 24.4 Å². The molecule has 0 aliphatic rings. The highest BCUT2D eigenvalue weighted by Crippen LogP contribution is 2.15. The number of nitrogens with zero attached hydrogens (tertiary/aromatic N) is 1. The van der Waals surface area contributed by atoms with Gasteiger partial charge in [0.15, 0.2) is 5.69 Å². The van der Waals surface area contributed by atoms with Gasteiger partial charge >= 0.3 is 5.97 Å². The van der Waals surface area contributed by atoms with Crippen LogP contribution in [0.5, 0.6) is 0 Å². The summed E-state index contributed by atoms with van der Waals surface area (Å²) >= 11 is 0. The van der Waals surface area contributed by atoms with Crippen molar-refractivity contribution in [2.45, 2.75) is 6.92 Å². The van der Waals surface area contributed by atoms with Gasteiger partial charge in [-0.1, -0.05) is 0 Å². The first-order valence-corrected chi connectivity index (χ1v) is 5.72. The Morgan fingerprint density at radius 1 is 1.40 bits per heavy atom. The van der Waals surface area contributed by atoms with E-state index in [4.69, 9.17) is 0 Å². The standard InChI is InChI=1S/C13H12FN3O3/c1-7-5-8(3-4-9(7)14)12(18)16-10-6-15-17-11(10)13(19)20-2/h3-6H,1-2H3,(H,15,17)(H,16,18). The summed E-state index contributed by atoms with van der Waals surface area (Å²) in [6.07, 6.45) is 1.29. The van der Waals surface area contributed by atoms with Gasteiger partial charge in [0.1, 0.15) is 5.82 Å². The summed E-state index contributed by atoms with van der Waals surface area (Å²) in [7, 11) is 1.22. The summed E-state index contributed by atoms with van der Waals surface area (Å²) in [6, 6.07) is 3.99. The SMILES string of the molecule is COC(=O)c1[nH]ncc1NC(=O)c1ccc(F)c(C)c1. The van der Waals surface area contributed by atoms with Crippen LogP contribution in [0.1, 0.15) is 26.4 Å². The van der Waals surface area contributed by atoms with Crippen molar-refractivity contribution in [2.75, 3.05) is 12.4 Å². The molecule has 1 heterocycles. The molecule has 0 atom stereocenters. The molecule has 0 unspecified atom stereocenters. The number of carbonyl (C=O) groups excluding carboxylic acids is 2. The molecule has 0 aliphatic heterocycles. The van der Waals surface area contributed by atoms with Crippen molar-refractivity contribution in [2.24, 2.45) is 0 Å². The fraction of sp³-hybridized carbons (Fsp3) is 0.154. The fourth-order valence-electron chi connectivity index (χ4n) is 1.62. The number of aryl methyl sites for hydroxylation is 1. The van der Waals surface area contributed by atoms with E-state index in [0.717, 1.165) is 0 Å². The molecule has 0 saturated heterocycles. The summed E-state index contributed by atoms with van der Waals surface area (Å²) in [5, 5.41) is 8.62. The van der Waals surface area contributed by atoms with E-state index in [1.807, 2.05) is 0 Å². The summed E-state index contributed by atoms with van der Waals surface area (Å²) in [4.78, 5) is 23.4. The van der Waals surface area contributed by atoms with Crippen LogP contribution in [0, 0.1) is 12.7 Å². The first kappa shape index (κ1) is 13.7. The van der Waals surface area contributed by atoms with E-state index in [9.17, 15) is 14.0 Å². The minimum atomic E-state index is -0.645. The van der Waals surface area contributed by atoms with Crippen molar-refractivity contribution in [3.05, 3.63) is 47.0 Å². The molecule has 20 heavy (non-hydrogen) atoms. The first-order valence-electron chi connectivity index (χ1n) is 5.72. The Morgan fingerprint density at radius 2 is 2.15 bits per heavy atom. The van der Waals surface area contributed by atoms with Crippen molar-refractivity contribution >= 4 is 17.6 Å². The summed E-state index contributed by atoms with van der Waals surface area (Å²) in [6.45, 7) is 1.56. The molecule has 2 rings (SSSR count). The van der Waals surface area contributed by atoms with Gasteiger partial charge in [0.05, 0.1) is 19.0 Å². The van der Waals surface area contributed by atoms with Crippen molar-refractivity contribution < 1.29 is 18.7 Å². The van der Waals surface area contributed by atoms with Crippen LogP contribution < -0.4 is 5.32 Å². The number of halogens is 1. The molecule has 0 bridgehead atoms. The lowest BCUT2D eigenvalue weighted by Gasteiger charge is -2.06. The number of nitrogens with one attached hydrogen (secondary N) is 2. The van der Waals surface area contributed by atoms with E-state index in [0.29, 0.717) is 5.56 Å². The molecule has 0 aliphatic carbocycles. The van der Waals surface area contributed by atoms with Gasteiger partial charge in [-0.3, -0.25) is 9.89 Å². The van der Waals surface area contributed by atoms with E-state index in [2.05, 4.69) is 20.3 Å². The number of aromatic nitrogens is 2. The monoisotopic (exact) mass is 277 g/mol. The highest BCUT2D eigenvalue weighted by molar-refractivity contribution is 6.07. The minimum Gasteiger partial charge on any atom is -0.464 e. The van der Waals surface area contributed by atoms with Crippen molar-refractivity contribution in [1.82, 2.24) is 10.2 Å². The molecular weight excluding hydrogens is 265 g/mol. The fourth-order valence-corrected chi connectivity index (χ4v) is 1.62. The zero-order chi connectivity index (χ0) is 14.7. The number of H-pyrrole nitrogens is 1. The first-order chi connectivity index (χ1) is 9.52. The van der Waals surface area contributed by atoms with Gasteiger partial charge in [0, 0.05) is 5.56 Å². The molecule has 104 valence electrons. The van der Waals surface area contributed by atoms with Crippen LogP contribution >= 0.6 is 0 Å². The maximum atomic E-state index is 13.1. The number of hydrogen-bond donors (Lipinski definition) is 2. The molecule has 6 nitrogen and oxygen atoms in total. The van der Waals surface area contributed by atoms with Gasteiger partial charge in [-0.25, -0.2) is 9.18 Å². The Labute approximate surface area is 113 Å². The smallest absolute Gasteiger partial charge is 0.358 e. The number of methoxy groups -OCH3 is 1. The summed E-state index contributed by atoms with van der Waals surface area (Å²) in [5.74, 6) is -1.51. The van der Waals surface area contributed by atoms with E-state index < -0.39 is 11.9 Å². The Bertz CT molecular complexity index is 667. The second-order valence-corrected chi connectivity index (χ2v) is 4.07. The Balaban J connectivity index is 2.22. The molecule has 7 heteroatoms. The number of ether oxygens (including phenoxy) is 1. The molecule has 2 aromatic rings. The number of rotatable bonds is 3. The van der Waals surface area contributed by atoms with E-state index in [-0.39, 0.29) is 22.8 Å². The number of esters is 1. The van der Waals surface area contributed by atoms with Gasteiger partial charge in [-0.05, 0) is 30.7 Å². The zero-order valence-electron chi connectivity index (χ0n) is 10.9. The summed E-state index contributed by atoms with van der Waals surface area (Å²) < 4.78 is 17.7. The van der Waals surface area contributed by atoms with Crippen molar-refractivity contribution in [3.63, 3.8) is 0 Å². The normalized spacial score (nSPS) is 10.2. The highest BCUT2D eigenvalue weighted by atomic mass is 19.1. The second-order valence-electron chi connectivity index (χ2n) is 4.07. The predicted molar refractivity (Wildman–Crippen MR) is 69.0 cm³/mol. The Hall–Kier alpha value is -2.70. The molecule has 0 fully saturated rings. The number of benzene rings is 1. The van der Waals surface area contributed by atoms with Gasteiger partial charge in [0.2, 0.25) is 0 Å². The van der Waals surface area contributed by atoms with E-state index in [1.165, 1.54) is 31.5 Å². The maximum Gasteiger partial charge on any atom is 0.358 e. The molecule has 0 spiro atoms. The molecule has 1 aromatic carbocycles. The van der Waals surface area contributed by atoms with Crippen LogP contribution in [0.2, 0.25) is 0 Å². The predicted octanol–water partition coefficient (Wildman–Crippen LogP) is 1.90. The number of amides is 1. The number of anilines is 1.